The summed E-state index contributed by atoms with van der Waals surface area (Å²) in [5.41, 5.74) is -0.232. The van der Waals surface area contributed by atoms with Crippen LogP contribution in [0.1, 0.15) is 5.56 Å². The van der Waals surface area contributed by atoms with E-state index in [1.807, 2.05) is 0 Å². The average Bonchev–Trinajstić information content (AvgIpc) is 2.52. The van der Waals surface area contributed by atoms with Gasteiger partial charge in [-0.2, -0.15) is 13.2 Å². The molecular weight excluding hydrogens is 311 g/mol. The molecular formula is C16H12F3NO3. The van der Waals surface area contributed by atoms with Crippen molar-refractivity contribution in [2.45, 2.75) is 6.18 Å². The third kappa shape index (κ3) is 3.50. The summed E-state index contributed by atoms with van der Waals surface area (Å²) in [5, 5.41) is 8.79. The number of aliphatic carboxylic acids is 1. The van der Waals surface area contributed by atoms with Crippen LogP contribution in [0, 0.1) is 0 Å². The molecule has 1 N–H and O–H groups in total. The predicted octanol–water partition coefficient (Wildman–Crippen LogP) is 3.42. The fourth-order valence-electron chi connectivity index (χ4n) is 2.11. The van der Waals surface area contributed by atoms with Crippen molar-refractivity contribution in [2.75, 3.05) is 11.9 Å². The van der Waals surface area contributed by atoms with Gasteiger partial charge in [0.05, 0.1) is 11.3 Å². The molecule has 0 bridgehead atoms. The molecule has 7 heteroatoms. The molecule has 2 aromatic carbocycles. The van der Waals surface area contributed by atoms with E-state index in [4.69, 9.17) is 5.11 Å². The van der Waals surface area contributed by atoms with E-state index in [-0.39, 0.29) is 11.3 Å². The standard InChI is InChI=1S/C16H12F3NO3/c1-20(14(21)15(22)23)13-8-7-11(16(17,18)19)9-12(13)10-5-3-2-4-6-10/h2-9H,1H3,(H,22,23). The van der Waals surface area contributed by atoms with Gasteiger partial charge >= 0.3 is 18.1 Å². The number of amides is 1. The molecule has 0 aliphatic heterocycles. The minimum atomic E-state index is -4.54. The average molecular weight is 323 g/mol. The van der Waals surface area contributed by atoms with Crippen LogP contribution in [0.3, 0.4) is 0 Å². The summed E-state index contributed by atoms with van der Waals surface area (Å²) in [6, 6.07) is 10.9. The van der Waals surface area contributed by atoms with Crippen molar-refractivity contribution in [1.82, 2.24) is 0 Å². The maximum Gasteiger partial charge on any atom is 0.416 e. The van der Waals surface area contributed by atoms with Crippen molar-refractivity contribution >= 4 is 17.6 Å². The molecule has 0 unspecified atom stereocenters. The molecule has 2 aromatic rings. The summed E-state index contributed by atoms with van der Waals surface area (Å²) >= 11 is 0. The fourth-order valence-corrected chi connectivity index (χ4v) is 2.11. The largest absolute Gasteiger partial charge is 0.474 e. The molecule has 0 heterocycles. The highest BCUT2D eigenvalue weighted by Crippen LogP contribution is 2.37. The minimum Gasteiger partial charge on any atom is -0.474 e. The van der Waals surface area contributed by atoms with Gasteiger partial charge in [0, 0.05) is 12.6 Å². The molecule has 0 saturated heterocycles. The molecule has 2 rings (SSSR count). The topological polar surface area (TPSA) is 57.6 Å². The molecule has 4 nitrogen and oxygen atoms in total. The molecule has 0 radical (unpaired) electrons. The number of nitrogens with zero attached hydrogens (tertiary/aromatic N) is 1. The number of carboxylic acid groups (broad SMARTS) is 1. The lowest BCUT2D eigenvalue weighted by molar-refractivity contribution is -0.148. The minimum absolute atomic E-state index is 0.0802. The van der Waals surface area contributed by atoms with E-state index in [0.717, 1.165) is 23.1 Å². The number of anilines is 1. The summed E-state index contributed by atoms with van der Waals surface area (Å²) in [5.74, 6) is -2.92. The highest BCUT2D eigenvalue weighted by Gasteiger charge is 2.32. The molecule has 0 fully saturated rings. The molecule has 1 amide bonds. The normalized spacial score (nSPS) is 11.1. The van der Waals surface area contributed by atoms with Crippen LogP contribution in [0.15, 0.2) is 48.5 Å². The molecule has 23 heavy (non-hydrogen) atoms. The van der Waals surface area contributed by atoms with E-state index < -0.39 is 23.6 Å². The maximum absolute atomic E-state index is 12.9. The first-order valence-corrected chi connectivity index (χ1v) is 6.49. The third-order valence-electron chi connectivity index (χ3n) is 3.26. The number of hydrogen-bond donors (Lipinski definition) is 1. The Morgan fingerprint density at radius 2 is 1.65 bits per heavy atom. The Labute approximate surface area is 129 Å². The van der Waals surface area contributed by atoms with E-state index in [1.165, 1.54) is 7.05 Å². The van der Waals surface area contributed by atoms with Gasteiger partial charge in [-0.05, 0) is 23.8 Å². The van der Waals surface area contributed by atoms with Gasteiger partial charge < -0.3 is 10.0 Å². The number of carboxylic acids is 1. The lowest BCUT2D eigenvalue weighted by atomic mass is 10.00. The van der Waals surface area contributed by atoms with Gasteiger partial charge in [0.25, 0.3) is 0 Å². The predicted molar refractivity (Wildman–Crippen MR) is 77.9 cm³/mol. The smallest absolute Gasteiger partial charge is 0.416 e. The van der Waals surface area contributed by atoms with Gasteiger partial charge in [0.15, 0.2) is 0 Å². The van der Waals surface area contributed by atoms with Gasteiger partial charge in [-0.15, -0.1) is 0 Å². The van der Waals surface area contributed by atoms with Gasteiger partial charge in [0.1, 0.15) is 0 Å². The van der Waals surface area contributed by atoms with Crippen LogP contribution >= 0.6 is 0 Å². The summed E-state index contributed by atoms with van der Waals surface area (Å²) in [7, 11) is 1.20. The number of likely N-dealkylation sites (N-methyl/N-ethyl adjacent to an activating group) is 1. The second kappa shape index (κ2) is 6.12. The van der Waals surface area contributed by atoms with Crippen LogP contribution < -0.4 is 4.90 Å². The molecule has 0 aliphatic rings. The Morgan fingerprint density at radius 1 is 1.04 bits per heavy atom. The van der Waals surface area contributed by atoms with Crippen LogP contribution in [0.4, 0.5) is 18.9 Å². The number of alkyl halides is 3. The summed E-state index contributed by atoms with van der Waals surface area (Å²) in [6.45, 7) is 0. The van der Waals surface area contributed by atoms with Crippen LogP contribution in [-0.4, -0.2) is 24.0 Å². The van der Waals surface area contributed by atoms with Crippen molar-refractivity contribution in [1.29, 1.82) is 0 Å². The Balaban J connectivity index is 2.63. The van der Waals surface area contributed by atoms with E-state index >= 15 is 0 Å². The molecule has 0 spiro atoms. The summed E-state index contributed by atoms with van der Waals surface area (Å²) < 4.78 is 38.8. The SMILES string of the molecule is CN(C(=O)C(=O)O)c1ccc(C(F)(F)F)cc1-c1ccccc1. The second-order valence-corrected chi connectivity index (χ2v) is 4.77. The summed E-state index contributed by atoms with van der Waals surface area (Å²) in [4.78, 5) is 23.2. The first-order chi connectivity index (χ1) is 10.7. The van der Waals surface area contributed by atoms with E-state index in [9.17, 15) is 22.8 Å². The fraction of sp³-hybridized carbons (Fsp3) is 0.125. The van der Waals surface area contributed by atoms with Gasteiger partial charge in [0.2, 0.25) is 0 Å². The Hall–Kier alpha value is -2.83. The van der Waals surface area contributed by atoms with Crippen molar-refractivity contribution in [2.24, 2.45) is 0 Å². The highest BCUT2D eigenvalue weighted by molar-refractivity contribution is 6.37. The van der Waals surface area contributed by atoms with Crippen molar-refractivity contribution in [3.05, 3.63) is 54.1 Å². The zero-order valence-corrected chi connectivity index (χ0v) is 12.0. The number of hydrogen-bond acceptors (Lipinski definition) is 2. The first-order valence-electron chi connectivity index (χ1n) is 6.49. The van der Waals surface area contributed by atoms with E-state index in [0.29, 0.717) is 5.56 Å². The molecule has 120 valence electrons. The third-order valence-corrected chi connectivity index (χ3v) is 3.26. The van der Waals surface area contributed by atoms with Crippen LogP contribution in [-0.2, 0) is 15.8 Å². The number of benzene rings is 2. The zero-order chi connectivity index (χ0) is 17.2. The van der Waals surface area contributed by atoms with Crippen LogP contribution in [0.25, 0.3) is 11.1 Å². The van der Waals surface area contributed by atoms with Crippen LogP contribution in [0.2, 0.25) is 0 Å². The van der Waals surface area contributed by atoms with Crippen molar-refractivity contribution in [3.8, 4) is 11.1 Å². The Kier molecular flexibility index (Phi) is 4.40. The lowest BCUT2D eigenvalue weighted by Gasteiger charge is -2.20. The first kappa shape index (κ1) is 16.5. The van der Waals surface area contributed by atoms with E-state index in [2.05, 4.69) is 0 Å². The quantitative estimate of drug-likeness (QED) is 0.862. The van der Waals surface area contributed by atoms with Gasteiger partial charge in [-0.25, -0.2) is 4.79 Å². The monoisotopic (exact) mass is 323 g/mol. The van der Waals surface area contributed by atoms with Gasteiger partial charge in [-0.1, -0.05) is 30.3 Å². The van der Waals surface area contributed by atoms with E-state index in [1.54, 1.807) is 30.3 Å². The summed E-state index contributed by atoms with van der Waals surface area (Å²) in [6.07, 6.45) is -4.54. The number of halogens is 3. The lowest BCUT2D eigenvalue weighted by Crippen LogP contribution is -2.33. The van der Waals surface area contributed by atoms with Crippen molar-refractivity contribution in [3.63, 3.8) is 0 Å². The van der Waals surface area contributed by atoms with Crippen LogP contribution in [0.5, 0.6) is 0 Å². The van der Waals surface area contributed by atoms with Crippen molar-refractivity contribution < 1.29 is 27.9 Å². The van der Waals surface area contributed by atoms with Gasteiger partial charge in [-0.3, -0.25) is 4.79 Å². The zero-order valence-electron chi connectivity index (χ0n) is 12.0. The molecule has 0 saturated carbocycles. The molecule has 0 atom stereocenters. The number of rotatable bonds is 2. The molecule has 0 aromatic heterocycles. The second-order valence-electron chi connectivity index (χ2n) is 4.77. The highest BCUT2D eigenvalue weighted by atomic mass is 19.4. The number of carbonyl (C=O) groups is 2. The maximum atomic E-state index is 12.9. The molecule has 0 aliphatic carbocycles. The Bertz CT molecular complexity index is 742. The number of carbonyl (C=O) groups excluding carboxylic acids is 1. The Morgan fingerprint density at radius 3 is 2.17 bits per heavy atom.